The molecule has 7 heteroatoms. The Balaban J connectivity index is 1.56. The maximum atomic E-state index is 11.9. The lowest BCUT2D eigenvalue weighted by Crippen LogP contribution is -2.20. The van der Waals surface area contributed by atoms with Crippen LogP contribution in [0.5, 0.6) is 17.2 Å². The van der Waals surface area contributed by atoms with Crippen LogP contribution in [0.1, 0.15) is 36.8 Å². The van der Waals surface area contributed by atoms with Crippen LogP contribution in [-0.2, 0) is 20.7 Å². The average Bonchev–Trinajstić information content (AvgIpc) is 3.44. The highest BCUT2D eigenvalue weighted by molar-refractivity contribution is 5.93. The molecule has 7 nitrogen and oxygen atoms in total. The van der Waals surface area contributed by atoms with Crippen molar-refractivity contribution in [2.24, 2.45) is 5.92 Å². The van der Waals surface area contributed by atoms with Crippen molar-refractivity contribution in [3.05, 3.63) is 41.6 Å². The second kappa shape index (κ2) is 6.90. The number of ether oxygens (including phenoxy) is 2. The second-order valence-electron chi connectivity index (χ2n) is 6.71. The van der Waals surface area contributed by atoms with E-state index in [9.17, 15) is 14.7 Å². The molecular weight excluding hydrogens is 348 g/mol. The molecule has 27 heavy (non-hydrogen) atoms. The summed E-state index contributed by atoms with van der Waals surface area (Å²) in [4.78, 5) is 27.6. The molecular formula is C20H20N2O5. The smallest absolute Gasteiger partial charge is 0.309 e. The van der Waals surface area contributed by atoms with Gasteiger partial charge < -0.3 is 19.9 Å². The van der Waals surface area contributed by atoms with Crippen LogP contribution in [0.25, 0.3) is 0 Å². The van der Waals surface area contributed by atoms with E-state index in [0.29, 0.717) is 48.7 Å². The molecule has 1 aliphatic carbocycles. The van der Waals surface area contributed by atoms with E-state index in [0.717, 1.165) is 5.56 Å². The van der Waals surface area contributed by atoms with Crippen LogP contribution in [0, 0.1) is 5.92 Å². The number of hydrogen-bond donors (Lipinski definition) is 2. The minimum atomic E-state index is -0.229. The number of pyridine rings is 1. The average molecular weight is 368 g/mol. The number of carbonyl (C=O) groups excluding carboxylic acids is 2. The SMILES string of the molecule is CCOC(=O)C1C[C@@H]1c1cc(Oc2ccnc3c2CCC(=O)N3)ccc1O. The zero-order chi connectivity index (χ0) is 19.0. The Morgan fingerprint density at radius 1 is 1.33 bits per heavy atom. The van der Waals surface area contributed by atoms with Gasteiger partial charge in [0, 0.05) is 29.7 Å². The van der Waals surface area contributed by atoms with Crippen LogP contribution in [0.3, 0.4) is 0 Å². The number of rotatable bonds is 5. The summed E-state index contributed by atoms with van der Waals surface area (Å²) in [5.41, 5.74) is 1.53. The molecule has 2 heterocycles. The molecule has 1 fully saturated rings. The number of aromatic nitrogens is 1. The molecule has 1 saturated carbocycles. The zero-order valence-electron chi connectivity index (χ0n) is 14.9. The van der Waals surface area contributed by atoms with Gasteiger partial charge in [-0.05, 0) is 44.0 Å². The van der Waals surface area contributed by atoms with Crippen LogP contribution in [0.4, 0.5) is 5.82 Å². The van der Waals surface area contributed by atoms with E-state index < -0.39 is 0 Å². The molecule has 2 atom stereocenters. The molecule has 2 N–H and O–H groups in total. The summed E-state index contributed by atoms with van der Waals surface area (Å²) in [6.07, 6.45) is 3.19. The number of nitrogens with one attached hydrogen (secondary N) is 1. The Kier molecular flexibility index (Phi) is 4.43. The van der Waals surface area contributed by atoms with E-state index in [1.54, 1.807) is 37.4 Å². The van der Waals surface area contributed by atoms with E-state index in [1.165, 1.54) is 0 Å². The molecule has 1 aromatic carbocycles. The highest BCUT2D eigenvalue weighted by Gasteiger charge is 2.46. The molecule has 140 valence electrons. The molecule has 1 aromatic heterocycles. The lowest BCUT2D eigenvalue weighted by Gasteiger charge is -2.19. The van der Waals surface area contributed by atoms with Gasteiger partial charge in [-0.3, -0.25) is 9.59 Å². The second-order valence-corrected chi connectivity index (χ2v) is 6.71. The van der Waals surface area contributed by atoms with Crippen molar-refractivity contribution in [3.63, 3.8) is 0 Å². The Bertz CT molecular complexity index is 911. The van der Waals surface area contributed by atoms with Crippen molar-refractivity contribution < 1.29 is 24.2 Å². The van der Waals surface area contributed by atoms with Gasteiger partial charge in [-0.15, -0.1) is 0 Å². The lowest BCUT2D eigenvalue weighted by molar-refractivity contribution is -0.144. The third-order valence-corrected chi connectivity index (χ3v) is 4.88. The highest BCUT2D eigenvalue weighted by Crippen LogP contribution is 2.51. The molecule has 2 aromatic rings. The maximum Gasteiger partial charge on any atom is 0.309 e. The number of carbonyl (C=O) groups is 2. The number of amides is 1. The van der Waals surface area contributed by atoms with Crippen molar-refractivity contribution >= 4 is 17.7 Å². The summed E-state index contributed by atoms with van der Waals surface area (Å²) >= 11 is 0. The first-order valence-electron chi connectivity index (χ1n) is 9.02. The molecule has 0 saturated heterocycles. The van der Waals surface area contributed by atoms with E-state index >= 15 is 0 Å². The molecule has 1 aliphatic heterocycles. The third kappa shape index (κ3) is 3.45. The topological polar surface area (TPSA) is 97.8 Å². The number of hydrogen-bond acceptors (Lipinski definition) is 6. The molecule has 1 amide bonds. The Morgan fingerprint density at radius 3 is 3.00 bits per heavy atom. The fourth-order valence-corrected chi connectivity index (χ4v) is 3.42. The number of anilines is 1. The summed E-state index contributed by atoms with van der Waals surface area (Å²) in [6, 6.07) is 6.75. The predicted molar refractivity (Wildman–Crippen MR) is 96.8 cm³/mol. The Hall–Kier alpha value is -3.09. The van der Waals surface area contributed by atoms with Crippen molar-refractivity contribution in [1.29, 1.82) is 0 Å². The van der Waals surface area contributed by atoms with Crippen LogP contribution in [0.2, 0.25) is 0 Å². The zero-order valence-corrected chi connectivity index (χ0v) is 14.9. The normalized spacial score (nSPS) is 20.4. The lowest BCUT2D eigenvalue weighted by atomic mass is 10.1. The minimum absolute atomic E-state index is 0.0572. The number of esters is 1. The van der Waals surface area contributed by atoms with Gasteiger partial charge in [0.2, 0.25) is 5.91 Å². The number of phenolic OH excluding ortho intramolecular Hbond substituents is 1. The van der Waals surface area contributed by atoms with E-state index in [4.69, 9.17) is 9.47 Å². The molecule has 0 bridgehead atoms. The van der Waals surface area contributed by atoms with Gasteiger partial charge in [0.15, 0.2) is 0 Å². The molecule has 1 unspecified atom stereocenters. The fraction of sp³-hybridized carbons (Fsp3) is 0.350. The summed E-state index contributed by atoms with van der Waals surface area (Å²) < 4.78 is 11.1. The summed E-state index contributed by atoms with van der Waals surface area (Å²) in [5.74, 6) is 1.28. The quantitative estimate of drug-likeness (QED) is 0.787. The number of benzene rings is 1. The molecule has 4 rings (SSSR count). The van der Waals surface area contributed by atoms with Crippen molar-refractivity contribution in [1.82, 2.24) is 4.98 Å². The van der Waals surface area contributed by atoms with Crippen LogP contribution in [-0.4, -0.2) is 28.6 Å². The highest BCUT2D eigenvalue weighted by atomic mass is 16.5. The van der Waals surface area contributed by atoms with Crippen LogP contribution < -0.4 is 10.1 Å². The van der Waals surface area contributed by atoms with Gasteiger partial charge in [0.1, 0.15) is 23.1 Å². The first-order valence-corrected chi connectivity index (χ1v) is 9.02. The third-order valence-electron chi connectivity index (χ3n) is 4.88. The fourth-order valence-electron chi connectivity index (χ4n) is 3.42. The number of nitrogens with zero attached hydrogens (tertiary/aromatic N) is 1. The summed E-state index contributed by atoms with van der Waals surface area (Å²) in [7, 11) is 0. The minimum Gasteiger partial charge on any atom is -0.508 e. The maximum absolute atomic E-state index is 11.9. The molecule has 2 aliphatic rings. The van der Waals surface area contributed by atoms with E-state index in [-0.39, 0.29) is 29.5 Å². The number of fused-ring (bicyclic) bond motifs is 1. The molecule has 0 spiro atoms. The van der Waals surface area contributed by atoms with Gasteiger partial charge in [0.25, 0.3) is 0 Å². The van der Waals surface area contributed by atoms with E-state index in [1.807, 2.05) is 0 Å². The number of phenols is 1. The largest absolute Gasteiger partial charge is 0.508 e. The Morgan fingerprint density at radius 2 is 2.19 bits per heavy atom. The van der Waals surface area contributed by atoms with E-state index in [2.05, 4.69) is 10.3 Å². The van der Waals surface area contributed by atoms with Gasteiger partial charge in [-0.25, -0.2) is 4.98 Å². The van der Waals surface area contributed by atoms with Gasteiger partial charge in [-0.1, -0.05) is 0 Å². The van der Waals surface area contributed by atoms with Crippen molar-refractivity contribution in [3.8, 4) is 17.2 Å². The first-order chi connectivity index (χ1) is 13.1. The predicted octanol–water partition coefficient (Wildman–Crippen LogP) is 3.13. The monoisotopic (exact) mass is 368 g/mol. The first kappa shape index (κ1) is 17.3. The molecule has 0 radical (unpaired) electrons. The van der Waals surface area contributed by atoms with Crippen molar-refractivity contribution in [2.75, 3.05) is 11.9 Å². The van der Waals surface area contributed by atoms with Gasteiger partial charge >= 0.3 is 5.97 Å². The summed E-state index contributed by atoms with van der Waals surface area (Å²) in [6.45, 7) is 2.12. The standard InChI is InChI=1S/C20H20N2O5/c1-2-26-20(25)15-10-13(15)14-9-11(3-5-16(14)23)27-17-7-8-21-19-12(17)4-6-18(24)22-19/h3,5,7-9,13,15,23H,2,4,6,10H2,1H3,(H,21,22,24)/t13-,15?/m1/s1. The van der Waals surface area contributed by atoms with Crippen molar-refractivity contribution in [2.45, 2.75) is 32.1 Å². The van der Waals surface area contributed by atoms with Gasteiger partial charge in [-0.2, -0.15) is 0 Å². The number of aromatic hydroxyl groups is 1. The summed E-state index contributed by atoms with van der Waals surface area (Å²) in [5, 5.41) is 12.9. The van der Waals surface area contributed by atoms with Gasteiger partial charge in [0.05, 0.1) is 12.5 Å². The van der Waals surface area contributed by atoms with Crippen LogP contribution >= 0.6 is 0 Å². The van der Waals surface area contributed by atoms with Crippen LogP contribution in [0.15, 0.2) is 30.5 Å². The Labute approximate surface area is 156 Å².